The van der Waals surface area contributed by atoms with Gasteiger partial charge in [0.05, 0.1) is 0 Å². The summed E-state index contributed by atoms with van der Waals surface area (Å²) in [6.07, 6.45) is 35.3. The molecule has 0 aliphatic heterocycles. The molecule has 3 nitrogen and oxygen atoms in total. The highest BCUT2D eigenvalue weighted by Gasteiger charge is 2.14. The predicted octanol–water partition coefficient (Wildman–Crippen LogP) is 12.2. The van der Waals surface area contributed by atoms with Crippen molar-refractivity contribution in [1.82, 2.24) is 0 Å². The summed E-state index contributed by atoms with van der Waals surface area (Å²) in [6.45, 7) is 6.78. The lowest BCUT2D eigenvalue weighted by Crippen LogP contribution is -2.18. The molecule has 0 saturated carbocycles. The normalized spacial score (nSPS) is 11.4. The molecule has 0 heterocycles. The Morgan fingerprint density at radius 3 is 1.10 bits per heavy atom. The Hall–Kier alpha value is -0.860. The van der Waals surface area contributed by atoms with Crippen LogP contribution in [0.1, 0.15) is 213 Å². The Balaban J connectivity index is 3.86. The van der Waals surface area contributed by atoms with E-state index in [9.17, 15) is 9.59 Å². The van der Waals surface area contributed by atoms with E-state index in [1.165, 1.54) is 122 Å². The number of ether oxygens (including phenoxy) is 1. The third kappa shape index (κ3) is 29.9. The van der Waals surface area contributed by atoms with Crippen molar-refractivity contribution >= 4 is 11.8 Å². The van der Waals surface area contributed by atoms with Gasteiger partial charge in [0.15, 0.2) is 0 Å². The molecule has 0 amide bonds. The van der Waals surface area contributed by atoms with E-state index < -0.39 is 0 Å². The number of ketones is 1. The molecule has 0 radical (unpaired) electrons. The lowest BCUT2D eigenvalue weighted by Gasteiger charge is -2.18. The summed E-state index contributed by atoms with van der Waals surface area (Å²) < 4.78 is 5.96. The first kappa shape index (κ1) is 38.1. The molecule has 0 bridgehead atoms. The van der Waals surface area contributed by atoms with Crippen LogP contribution < -0.4 is 0 Å². The fraction of sp³-hybridized carbons (Fsp3) is 0.944. The van der Waals surface area contributed by atoms with Gasteiger partial charge in [0.25, 0.3) is 0 Å². The van der Waals surface area contributed by atoms with Gasteiger partial charge in [0.1, 0.15) is 11.9 Å². The third-order valence-electron chi connectivity index (χ3n) is 8.20. The predicted molar refractivity (Wildman–Crippen MR) is 170 cm³/mol. The summed E-state index contributed by atoms with van der Waals surface area (Å²) in [5.74, 6) is 0.462. The molecule has 39 heavy (non-hydrogen) atoms. The van der Waals surface area contributed by atoms with Crippen LogP contribution in [0.15, 0.2) is 0 Å². The molecule has 0 unspecified atom stereocenters. The van der Waals surface area contributed by atoms with Gasteiger partial charge in [0, 0.05) is 19.3 Å². The van der Waals surface area contributed by atoms with Crippen LogP contribution in [0.3, 0.4) is 0 Å². The molecule has 0 N–H and O–H groups in total. The number of carbonyl (C=O) groups excluding carboxylic acids is 2. The van der Waals surface area contributed by atoms with Crippen molar-refractivity contribution in [3.05, 3.63) is 0 Å². The van der Waals surface area contributed by atoms with Crippen molar-refractivity contribution in [1.29, 1.82) is 0 Å². The molecule has 0 fully saturated rings. The van der Waals surface area contributed by atoms with Crippen molar-refractivity contribution in [3.63, 3.8) is 0 Å². The van der Waals surface area contributed by atoms with Crippen molar-refractivity contribution in [2.75, 3.05) is 0 Å². The SMILES string of the molecule is CCCCCCCCCCC(=O)CCCCCCCC(=O)OC(CCCCCCCC)CCCCCCCC. The van der Waals surface area contributed by atoms with Crippen LogP contribution >= 0.6 is 0 Å². The van der Waals surface area contributed by atoms with Gasteiger partial charge in [0.2, 0.25) is 0 Å². The molecule has 3 heteroatoms. The Morgan fingerprint density at radius 2 is 0.718 bits per heavy atom. The lowest BCUT2D eigenvalue weighted by atomic mass is 10.0. The first-order chi connectivity index (χ1) is 19.1. The molecule has 232 valence electrons. The van der Waals surface area contributed by atoms with E-state index >= 15 is 0 Å². The summed E-state index contributed by atoms with van der Waals surface area (Å²) in [5.41, 5.74) is 0. The molecule has 0 rings (SSSR count). The Kier molecular flexibility index (Phi) is 31.0. The van der Waals surface area contributed by atoms with Gasteiger partial charge in [-0.15, -0.1) is 0 Å². The number of esters is 1. The van der Waals surface area contributed by atoms with Crippen LogP contribution in [0.5, 0.6) is 0 Å². The molecule has 0 atom stereocenters. The van der Waals surface area contributed by atoms with Gasteiger partial charge in [-0.2, -0.15) is 0 Å². The quantitative estimate of drug-likeness (QED) is 0.0618. The average molecular weight is 551 g/mol. The van der Waals surface area contributed by atoms with Crippen molar-refractivity contribution < 1.29 is 14.3 Å². The molecule has 0 aliphatic carbocycles. The minimum Gasteiger partial charge on any atom is -0.462 e. The zero-order chi connectivity index (χ0) is 28.7. The van der Waals surface area contributed by atoms with E-state index in [0.717, 1.165) is 64.2 Å². The van der Waals surface area contributed by atoms with Crippen LogP contribution in [0.25, 0.3) is 0 Å². The summed E-state index contributed by atoms with van der Waals surface area (Å²) in [7, 11) is 0. The maximum atomic E-state index is 12.5. The lowest BCUT2D eigenvalue weighted by molar-refractivity contribution is -0.150. The van der Waals surface area contributed by atoms with Gasteiger partial charge in [-0.05, 0) is 44.9 Å². The molecular formula is C36H70O3. The fourth-order valence-electron chi connectivity index (χ4n) is 5.51. The maximum Gasteiger partial charge on any atom is 0.306 e. The largest absolute Gasteiger partial charge is 0.462 e. The summed E-state index contributed by atoms with van der Waals surface area (Å²) in [6, 6.07) is 0. The van der Waals surface area contributed by atoms with Crippen molar-refractivity contribution in [2.45, 2.75) is 219 Å². The van der Waals surface area contributed by atoms with Crippen LogP contribution in [-0.4, -0.2) is 17.9 Å². The Bertz CT molecular complexity index is 499. The second kappa shape index (κ2) is 31.7. The van der Waals surface area contributed by atoms with Gasteiger partial charge in [-0.3, -0.25) is 9.59 Å². The average Bonchev–Trinajstić information content (AvgIpc) is 2.93. The van der Waals surface area contributed by atoms with E-state index in [-0.39, 0.29) is 12.1 Å². The fourth-order valence-corrected chi connectivity index (χ4v) is 5.51. The van der Waals surface area contributed by atoms with E-state index in [2.05, 4.69) is 20.8 Å². The van der Waals surface area contributed by atoms with Crippen molar-refractivity contribution in [2.24, 2.45) is 0 Å². The molecule has 0 aromatic heterocycles. The molecular weight excluding hydrogens is 480 g/mol. The third-order valence-corrected chi connectivity index (χ3v) is 8.20. The topological polar surface area (TPSA) is 43.4 Å². The van der Waals surface area contributed by atoms with Crippen LogP contribution in [0, 0.1) is 0 Å². The van der Waals surface area contributed by atoms with Gasteiger partial charge < -0.3 is 4.74 Å². The highest BCUT2D eigenvalue weighted by atomic mass is 16.5. The Labute approximate surface area is 245 Å². The highest BCUT2D eigenvalue weighted by molar-refractivity contribution is 5.78. The highest BCUT2D eigenvalue weighted by Crippen LogP contribution is 2.18. The number of unbranched alkanes of at least 4 members (excludes halogenated alkanes) is 21. The molecule has 0 aliphatic rings. The Morgan fingerprint density at radius 1 is 0.410 bits per heavy atom. The molecule has 0 saturated heterocycles. The molecule has 0 spiro atoms. The molecule has 0 aromatic carbocycles. The zero-order valence-electron chi connectivity index (χ0n) is 27.0. The van der Waals surface area contributed by atoms with E-state index in [0.29, 0.717) is 12.2 Å². The second-order valence-corrected chi connectivity index (χ2v) is 12.3. The van der Waals surface area contributed by atoms with E-state index in [1.54, 1.807) is 0 Å². The number of Topliss-reactive ketones (excluding diaryl/α,β-unsaturated/α-hetero) is 1. The summed E-state index contributed by atoms with van der Waals surface area (Å²) >= 11 is 0. The van der Waals surface area contributed by atoms with Gasteiger partial charge in [-0.1, -0.05) is 149 Å². The minimum atomic E-state index is 0.0116. The summed E-state index contributed by atoms with van der Waals surface area (Å²) in [4.78, 5) is 24.6. The monoisotopic (exact) mass is 551 g/mol. The first-order valence-electron chi connectivity index (χ1n) is 17.8. The smallest absolute Gasteiger partial charge is 0.306 e. The van der Waals surface area contributed by atoms with Crippen LogP contribution in [-0.2, 0) is 14.3 Å². The first-order valence-corrected chi connectivity index (χ1v) is 17.8. The minimum absolute atomic E-state index is 0.0116. The van der Waals surface area contributed by atoms with Gasteiger partial charge >= 0.3 is 5.97 Å². The van der Waals surface area contributed by atoms with E-state index in [1.807, 2.05) is 0 Å². The number of hydrogen-bond acceptors (Lipinski definition) is 3. The molecule has 0 aromatic rings. The number of hydrogen-bond donors (Lipinski definition) is 0. The standard InChI is InChI=1S/C36H70O3/c1-4-7-10-13-16-17-19-24-29-34(37)30-25-20-18-23-28-33-36(38)39-35(31-26-21-14-11-8-5-2)32-27-22-15-12-9-6-3/h35H,4-33H2,1-3H3. The number of rotatable bonds is 32. The van der Waals surface area contributed by atoms with Crippen LogP contribution in [0.4, 0.5) is 0 Å². The van der Waals surface area contributed by atoms with E-state index in [4.69, 9.17) is 4.74 Å². The van der Waals surface area contributed by atoms with Crippen LogP contribution in [0.2, 0.25) is 0 Å². The zero-order valence-corrected chi connectivity index (χ0v) is 27.0. The van der Waals surface area contributed by atoms with Gasteiger partial charge in [-0.25, -0.2) is 0 Å². The number of carbonyl (C=O) groups is 2. The van der Waals surface area contributed by atoms with Crippen molar-refractivity contribution in [3.8, 4) is 0 Å². The second-order valence-electron chi connectivity index (χ2n) is 12.3. The maximum absolute atomic E-state index is 12.5. The summed E-state index contributed by atoms with van der Waals surface area (Å²) in [5, 5.41) is 0.